The second-order valence-corrected chi connectivity index (χ2v) is 7.02. The molecule has 4 rings (SSSR count). The molecule has 2 aliphatic carbocycles. The number of nitrogens with zero attached hydrogens (tertiary/aromatic N) is 1. The van der Waals surface area contributed by atoms with E-state index >= 15 is 0 Å². The number of halogens is 1. The normalized spacial score (nSPS) is 24.7. The molecular weight excluding hydrogens is 303 g/mol. The van der Waals surface area contributed by atoms with Gasteiger partial charge in [0.25, 0.3) is 0 Å². The molecule has 0 aromatic heterocycles. The van der Waals surface area contributed by atoms with Crippen molar-refractivity contribution in [3.8, 4) is 6.07 Å². The Morgan fingerprint density at radius 1 is 1.21 bits per heavy atom. The highest BCUT2D eigenvalue weighted by Crippen LogP contribution is 2.51. The van der Waals surface area contributed by atoms with Gasteiger partial charge in [0.15, 0.2) is 0 Å². The molecule has 1 amide bonds. The van der Waals surface area contributed by atoms with E-state index in [1.54, 1.807) is 6.07 Å². The van der Waals surface area contributed by atoms with Crippen LogP contribution in [0.5, 0.6) is 0 Å². The Kier molecular flexibility index (Phi) is 3.53. The average Bonchev–Trinajstić information content (AvgIpc) is 2.86. The zero-order valence-corrected chi connectivity index (χ0v) is 13.4. The summed E-state index contributed by atoms with van der Waals surface area (Å²) in [5, 5.41) is 12.1. The lowest BCUT2D eigenvalue weighted by Gasteiger charge is -2.33. The van der Waals surface area contributed by atoms with Gasteiger partial charge >= 0.3 is 0 Å². The molecule has 1 spiro atoms. The van der Waals surface area contributed by atoms with Crippen LogP contribution in [-0.4, -0.2) is 5.91 Å². The first-order chi connectivity index (χ1) is 11.6. The van der Waals surface area contributed by atoms with Crippen LogP contribution in [-0.2, 0) is 4.79 Å². The van der Waals surface area contributed by atoms with Crippen molar-refractivity contribution in [2.45, 2.75) is 44.4 Å². The fourth-order valence-corrected chi connectivity index (χ4v) is 4.39. The summed E-state index contributed by atoms with van der Waals surface area (Å²) in [4.78, 5) is 12.6. The van der Waals surface area contributed by atoms with Crippen LogP contribution >= 0.6 is 0 Å². The first kappa shape index (κ1) is 15.1. The Labute approximate surface area is 140 Å². The Morgan fingerprint density at radius 3 is 2.75 bits per heavy atom. The van der Waals surface area contributed by atoms with Crippen molar-refractivity contribution in [2.75, 3.05) is 0 Å². The summed E-state index contributed by atoms with van der Waals surface area (Å²) in [5.41, 5.74) is 2.78. The minimum atomic E-state index is -0.395. The van der Waals surface area contributed by atoms with Crippen LogP contribution in [0.15, 0.2) is 41.6 Å². The number of carbonyl (C=O) groups excluding carboxylic acids is 1. The molecule has 24 heavy (non-hydrogen) atoms. The van der Waals surface area contributed by atoms with Crippen molar-refractivity contribution in [1.29, 1.82) is 5.26 Å². The van der Waals surface area contributed by atoms with Crippen molar-refractivity contribution in [1.82, 2.24) is 5.32 Å². The highest BCUT2D eigenvalue weighted by atomic mass is 19.1. The van der Waals surface area contributed by atoms with Crippen LogP contribution in [0.4, 0.5) is 4.39 Å². The van der Waals surface area contributed by atoms with Gasteiger partial charge in [-0.2, -0.15) is 5.26 Å². The summed E-state index contributed by atoms with van der Waals surface area (Å²) in [5.74, 6) is -0.249. The molecule has 122 valence electrons. The molecule has 1 aromatic rings. The lowest BCUT2D eigenvalue weighted by molar-refractivity contribution is -0.127. The number of nitrogens with one attached hydrogen (secondary N) is 1. The molecule has 2 fully saturated rings. The summed E-state index contributed by atoms with van der Waals surface area (Å²) < 4.78 is 13.8. The summed E-state index contributed by atoms with van der Waals surface area (Å²) in [6, 6.07) is 6.52. The number of rotatable bonds is 1. The van der Waals surface area contributed by atoms with E-state index < -0.39 is 5.41 Å². The molecular formula is C20H19FN2O. The van der Waals surface area contributed by atoms with Gasteiger partial charge in [0, 0.05) is 11.6 Å². The average molecular weight is 322 g/mol. The number of allylic oxidation sites excluding steroid dienone is 3. The quantitative estimate of drug-likeness (QED) is 0.847. The van der Waals surface area contributed by atoms with E-state index in [2.05, 4.69) is 17.5 Å². The molecule has 3 aliphatic rings. The molecule has 1 atom stereocenters. The molecule has 1 saturated carbocycles. The van der Waals surface area contributed by atoms with Gasteiger partial charge in [-0.3, -0.25) is 4.79 Å². The van der Waals surface area contributed by atoms with Gasteiger partial charge in [0.2, 0.25) is 5.91 Å². The molecule has 0 radical (unpaired) electrons. The molecule has 1 aliphatic heterocycles. The number of nitriles is 1. The molecule has 1 heterocycles. The largest absolute Gasteiger partial charge is 0.325 e. The van der Waals surface area contributed by atoms with E-state index in [0.717, 1.165) is 42.5 Å². The van der Waals surface area contributed by atoms with E-state index in [4.69, 9.17) is 5.26 Å². The zero-order valence-electron chi connectivity index (χ0n) is 13.4. The van der Waals surface area contributed by atoms with Gasteiger partial charge in [0.05, 0.1) is 17.0 Å². The lowest BCUT2D eigenvalue weighted by atomic mass is 9.68. The van der Waals surface area contributed by atoms with E-state index in [9.17, 15) is 9.18 Å². The van der Waals surface area contributed by atoms with Crippen LogP contribution in [0.2, 0.25) is 0 Å². The highest BCUT2D eigenvalue weighted by molar-refractivity contribution is 5.94. The topological polar surface area (TPSA) is 52.9 Å². The van der Waals surface area contributed by atoms with Crippen molar-refractivity contribution in [2.24, 2.45) is 5.41 Å². The van der Waals surface area contributed by atoms with E-state index in [1.165, 1.54) is 18.6 Å². The standard InChI is InChI=1S/C20H19FN2O/c21-16-9-13(12-22)8-15(10-16)14-4-5-18-17(11-14)20(19(24)23-18)6-2-1-3-7-20/h5,8-11,14H,1-4,6-7H2,(H,23,24)/t14-/m1/s1. The third-order valence-electron chi connectivity index (χ3n) is 5.62. The smallest absolute Gasteiger partial charge is 0.235 e. The second-order valence-electron chi connectivity index (χ2n) is 7.02. The summed E-state index contributed by atoms with van der Waals surface area (Å²) in [7, 11) is 0. The Hall–Kier alpha value is -2.41. The number of hydrogen-bond acceptors (Lipinski definition) is 2. The van der Waals surface area contributed by atoms with E-state index in [-0.39, 0.29) is 17.6 Å². The van der Waals surface area contributed by atoms with Gasteiger partial charge < -0.3 is 5.32 Å². The Bertz CT molecular complexity index is 809. The minimum absolute atomic E-state index is 0.0121. The second kappa shape index (κ2) is 5.59. The van der Waals surface area contributed by atoms with Crippen LogP contribution in [0, 0.1) is 22.6 Å². The number of amides is 1. The number of carbonyl (C=O) groups is 1. The maximum absolute atomic E-state index is 13.8. The highest BCUT2D eigenvalue weighted by Gasteiger charge is 2.49. The monoisotopic (exact) mass is 322 g/mol. The first-order valence-electron chi connectivity index (χ1n) is 8.57. The number of benzene rings is 1. The van der Waals surface area contributed by atoms with Crippen LogP contribution in [0.1, 0.15) is 55.6 Å². The van der Waals surface area contributed by atoms with Gasteiger partial charge in [0.1, 0.15) is 5.82 Å². The van der Waals surface area contributed by atoms with Crippen molar-refractivity contribution < 1.29 is 9.18 Å². The van der Waals surface area contributed by atoms with Gasteiger partial charge in [-0.25, -0.2) is 4.39 Å². The summed E-state index contributed by atoms with van der Waals surface area (Å²) >= 11 is 0. The van der Waals surface area contributed by atoms with Crippen molar-refractivity contribution in [3.63, 3.8) is 0 Å². The fraction of sp³-hybridized carbons (Fsp3) is 0.400. The maximum atomic E-state index is 13.8. The van der Waals surface area contributed by atoms with Gasteiger partial charge in [-0.15, -0.1) is 0 Å². The SMILES string of the molecule is N#Cc1cc(F)cc([C@H]2C=C3C(=CC2)NC(=O)C32CCCCC2)c1. The number of hydrogen-bond donors (Lipinski definition) is 1. The van der Waals surface area contributed by atoms with Crippen LogP contribution < -0.4 is 5.32 Å². The third kappa shape index (κ3) is 2.27. The van der Waals surface area contributed by atoms with Crippen LogP contribution in [0.3, 0.4) is 0 Å². The third-order valence-corrected chi connectivity index (χ3v) is 5.62. The first-order valence-corrected chi connectivity index (χ1v) is 8.57. The predicted molar refractivity (Wildman–Crippen MR) is 88.3 cm³/mol. The molecule has 1 aromatic carbocycles. The van der Waals surface area contributed by atoms with Crippen molar-refractivity contribution >= 4 is 5.91 Å². The molecule has 1 saturated heterocycles. The van der Waals surface area contributed by atoms with Gasteiger partial charge in [-0.1, -0.05) is 31.4 Å². The molecule has 3 nitrogen and oxygen atoms in total. The lowest BCUT2D eigenvalue weighted by Crippen LogP contribution is -2.34. The molecule has 4 heteroatoms. The number of fused-ring (bicyclic) bond motifs is 2. The van der Waals surface area contributed by atoms with E-state index in [0.29, 0.717) is 12.0 Å². The molecule has 1 N–H and O–H groups in total. The molecule has 0 unspecified atom stereocenters. The van der Waals surface area contributed by atoms with Crippen molar-refractivity contribution in [3.05, 3.63) is 58.6 Å². The van der Waals surface area contributed by atoms with E-state index in [1.807, 2.05) is 6.07 Å². The summed E-state index contributed by atoms with van der Waals surface area (Å²) in [6.07, 6.45) is 10.0. The fourth-order valence-electron chi connectivity index (χ4n) is 4.39. The molecule has 0 bridgehead atoms. The zero-order chi connectivity index (χ0) is 16.7. The van der Waals surface area contributed by atoms with Gasteiger partial charge in [-0.05, 0) is 48.6 Å². The summed E-state index contributed by atoms with van der Waals surface area (Å²) in [6.45, 7) is 0. The maximum Gasteiger partial charge on any atom is 0.235 e. The Morgan fingerprint density at radius 2 is 2.00 bits per heavy atom. The predicted octanol–water partition coefficient (Wildman–Crippen LogP) is 4.08. The van der Waals surface area contributed by atoms with Crippen LogP contribution in [0.25, 0.3) is 0 Å². The minimum Gasteiger partial charge on any atom is -0.325 e. The Balaban J connectivity index is 1.75.